The topological polar surface area (TPSA) is 66.8 Å². The molecule has 11 heteroatoms. The zero-order valence-electron chi connectivity index (χ0n) is 20.8. The fourth-order valence-electron chi connectivity index (χ4n) is 5.24. The number of piperidine rings is 1. The van der Waals surface area contributed by atoms with Crippen molar-refractivity contribution in [2.24, 2.45) is 4.99 Å². The van der Waals surface area contributed by atoms with E-state index < -0.39 is 28.6 Å². The first-order valence-electron chi connectivity index (χ1n) is 12.8. The Morgan fingerprint density at radius 2 is 1.87 bits per heavy atom. The van der Waals surface area contributed by atoms with E-state index in [1.54, 1.807) is 6.07 Å². The lowest BCUT2D eigenvalue weighted by Crippen LogP contribution is -2.49. The lowest BCUT2D eigenvalue weighted by molar-refractivity contribution is -0.141. The largest absolute Gasteiger partial charge is 0.433 e. The summed E-state index contributed by atoms with van der Waals surface area (Å²) in [5.41, 5.74) is -0.638. The predicted molar refractivity (Wildman–Crippen MR) is 134 cm³/mol. The minimum Gasteiger partial charge on any atom is -0.373 e. The number of aliphatic imine (C=N–C) groups is 1. The molecule has 2 saturated carbocycles. The molecule has 1 aromatic carbocycles. The summed E-state index contributed by atoms with van der Waals surface area (Å²) in [5.74, 6) is -0.447. The van der Waals surface area contributed by atoms with E-state index in [0.29, 0.717) is 48.4 Å². The molecule has 38 heavy (non-hydrogen) atoms. The van der Waals surface area contributed by atoms with E-state index in [2.05, 4.69) is 10.3 Å². The number of hydrogen-bond acceptors (Lipinski definition) is 5. The van der Waals surface area contributed by atoms with Crippen LogP contribution < -0.4 is 10.2 Å². The number of benzene rings is 1. The third-order valence-corrected chi connectivity index (χ3v) is 8.27. The van der Waals surface area contributed by atoms with Crippen LogP contribution in [-0.4, -0.2) is 41.5 Å². The number of hydrogen-bond donors (Lipinski definition) is 1. The SMILES string of the molecule is CC1(c2nc(C(F)(F)F)ccc2C2=NC3(CCN(c4cc(Cl)cc(F)c4COC4CC4)CC3)C(=O)N2)CC1. The standard InChI is InChI=1S/C27H27ClF4N4O2/c1-25(6-7-25)22-17(4-5-21(33-22)27(30,31)32)23-34-24(37)26(35-23)8-10-36(11-9-26)20-13-15(28)12-19(29)18(20)14-38-16-2-3-16/h4-5,12-13,16H,2-3,6-11,14H2,1H3,(H,34,35,37). The van der Waals surface area contributed by atoms with Gasteiger partial charge in [-0.05, 0) is 62.8 Å². The van der Waals surface area contributed by atoms with Crippen molar-refractivity contribution >= 4 is 29.0 Å². The number of rotatable bonds is 6. The summed E-state index contributed by atoms with van der Waals surface area (Å²) in [5, 5.41) is 3.10. The second kappa shape index (κ2) is 8.91. The lowest BCUT2D eigenvalue weighted by atomic mass is 9.87. The number of amidine groups is 1. The van der Waals surface area contributed by atoms with Crippen molar-refractivity contribution in [3.8, 4) is 0 Å². The van der Waals surface area contributed by atoms with Gasteiger partial charge in [-0.1, -0.05) is 18.5 Å². The summed E-state index contributed by atoms with van der Waals surface area (Å²) in [4.78, 5) is 23.9. The molecule has 6 nitrogen and oxygen atoms in total. The molecule has 0 atom stereocenters. The second-order valence-electron chi connectivity index (χ2n) is 11.0. The molecule has 3 heterocycles. The minimum absolute atomic E-state index is 0.149. The molecule has 1 amide bonds. The number of nitrogens with one attached hydrogen (secondary N) is 1. The monoisotopic (exact) mass is 550 g/mol. The molecular formula is C27H27ClF4N4O2. The Kier molecular flexibility index (Phi) is 5.99. The van der Waals surface area contributed by atoms with E-state index in [9.17, 15) is 22.4 Å². The van der Waals surface area contributed by atoms with Crippen LogP contribution in [0.2, 0.25) is 5.02 Å². The average molecular weight is 551 g/mol. The molecule has 3 fully saturated rings. The highest BCUT2D eigenvalue weighted by molar-refractivity contribution is 6.30. The Hall–Kier alpha value is -2.72. The van der Waals surface area contributed by atoms with Crippen molar-refractivity contribution in [2.45, 2.75) is 75.3 Å². The quantitative estimate of drug-likeness (QED) is 0.480. The number of anilines is 1. The number of ether oxygens (including phenoxy) is 1. The number of amides is 1. The maximum atomic E-state index is 14.8. The Morgan fingerprint density at radius 1 is 1.16 bits per heavy atom. The molecule has 202 valence electrons. The Labute approximate surface area is 222 Å². The van der Waals surface area contributed by atoms with Gasteiger partial charge >= 0.3 is 6.18 Å². The molecule has 1 aromatic heterocycles. The highest BCUT2D eigenvalue weighted by Crippen LogP contribution is 2.49. The number of carbonyl (C=O) groups excluding carboxylic acids is 1. The van der Waals surface area contributed by atoms with Crippen molar-refractivity contribution in [2.75, 3.05) is 18.0 Å². The zero-order valence-corrected chi connectivity index (χ0v) is 21.6. The Balaban J connectivity index is 1.26. The summed E-state index contributed by atoms with van der Waals surface area (Å²) in [7, 11) is 0. The van der Waals surface area contributed by atoms with E-state index in [1.807, 2.05) is 11.8 Å². The molecule has 2 aliphatic heterocycles. The first-order chi connectivity index (χ1) is 18.0. The lowest BCUT2D eigenvalue weighted by Gasteiger charge is -2.37. The van der Waals surface area contributed by atoms with E-state index in [1.165, 1.54) is 12.1 Å². The van der Waals surface area contributed by atoms with Crippen LogP contribution in [-0.2, 0) is 27.7 Å². The highest BCUT2D eigenvalue weighted by Gasteiger charge is 2.49. The van der Waals surface area contributed by atoms with Crippen LogP contribution in [0.1, 0.15) is 68.0 Å². The smallest absolute Gasteiger partial charge is 0.373 e. The average Bonchev–Trinajstić information content (AvgIpc) is 3.79. The first kappa shape index (κ1) is 25.6. The van der Waals surface area contributed by atoms with Crippen LogP contribution in [0.5, 0.6) is 0 Å². The van der Waals surface area contributed by atoms with Gasteiger partial charge in [0, 0.05) is 40.3 Å². The third kappa shape index (κ3) is 4.66. The summed E-state index contributed by atoms with van der Waals surface area (Å²) >= 11 is 6.17. The van der Waals surface area contributed by atoms with Crippen molar-refractivity contribution in [3.05, 3.63) is 57.6 Å². The molecular weight excluding hydrogens is 524 g/mol. The van der Waals surface area contributed by atoms with Gasteiger partial charge in [0.15, 0.2) is 0 Å². The van der Waals surface area contributed by atoms with Gasteiger partial charge in [0.1, 0.15) is 22.9 Å². The highest BCUT2D eigenvalue weighted by atomic mass is 35.5. The van der Waals surface area contributed by atoms with Crippen molar-refractivity contribution < 1.29 is 27.1 Å². The van der Waals surface area contributed by atoms with Crippen molar-refractivity contribution in [1.82, 2.24) is 10.3 Å². The van der Waals surface area contributed by atoms with Gasteiger partial charge in [-0.15, -0.1) is 0 Å². The fraction of sp³-hybridized carbons (Fsp3) is 0.519. The van der Waals surface area contributed by atoms with E-state index in [4.69, 9.17) is 21.3 Å². The molecule has 4 aliphatic rings. The van der Waals surface area contributed by atoms with Crippen LogP contribution in [0.25, 0.3) is 0 Å². The van der Waals surface area contributed by atoms with Gasteiger partial charge in [0.05, 0.1) is 18.4 Å². The van der Waals surface area contributed by atoms with Gasteiger partial charge in [0.2, 0.25) is 0 Å². The van der Waals surface area contributed by atoms with Crippen LogP contribution in [0.3, 0.4) is 0 Å². The molecule has 1 N–H and O–H groups in total. The molecule has 1 saturated heterocycles. The maximum absolute atomic E-state index is 14.8. The summed E-state index contributed by atoms with van der Waals surface area (Å²) < 4.78 is 60.7. The van der Waals surface area contributed by atoms with E-state index in [0.717, 1.165) is 31.7 Å². The zero-order chi connectivity index (χ0) is 26.9. The molecule has 6 rings (SSSR count). The number of nitrogens with zero attached hydrogens (tertiary/aromatic N) is 3. The first-order valence-corrected chi connectivity index (χ1v) is 13.2. The molecule has 1 spiro atoms. The number of alkyl halides is 3. The van der Waals surface area contributed by atoms with E-state index in [-0.39, 0.29) is 29.5 Å². The molecule has 0 bridgehead atoms. The van der Waals surface area contributed by atoms with Crippen LogP contribution in [0.4, 0.5) is 23.2 Å². The van der Waals surface area contributed by atoms with Crippen LogP contribution in [0, 0.1) is 5.82 Å². The molecule has 0 radical (unpaired) electrons. The van der Waals surface area contributed by atoms with Gasteiger partial charge in [-0.3, -0.25) is 9.79 Å². The Morgan fingerprint density at radius 3 is 2.50 bits per heavy atom. The molecule has 2 aliphatic carbocycles. The molecule has 2 aromatic rings. The maximum Gasteiger partial charge on any atom is 0.433 e. The normalized spacial score (nSPS) is 22.0. The predicted octanol–water partition coefficient (Wildman–Crippen LogP) is 5.54. The minimum atomic E-state index is -4.56. The third-order valence-electron chi connectivity index (χ3n) is 8.05. The summed E-state index contributed by atoms with van der Waals surface area (Å²) in [6, 6.07) is 5.29. The Bertz CT molecular complexity index is 1330. The van der Waals surface area contributed by atoms with Crippen LogP contribution in [0.15, 0.2) is 29.3 Å². The van der Waals surface area contributed by atoms with Crippen molar-refractivity contribution in [3.63, 3.8) is 0 Å². The summed E-state index contributed by atoms with van der Waals surface area (Å²) in [6.07, 6.45) is -0.282. The second-order valence-corrected chi connectivity index (χ2v) is 11.4. The van der Waals surface area contributed by atoms with Gasteiger partial charge in [-0.25, -0.2) is 9.37 Å². The fourth-order valence-corrected chi connectivity index (χ4v) is 5.44. The van der Waals surface area contributed by atoms with Gasteiger partial charge < -0.3 is 15.0 Å². The van der Waals surface area contributed by atoms with Gasteiger partial charge in [-0.2, -0.15) is 13.2 Å². The number of carbonyl (C=O) groups is 1. The van der Waals surface area contributed by atoms with Gasteiger partial charge in [0.25, 0.3) is 5.91 Å². The van der Waals surface area contributed by atoms with Crippen LogP contribution >= 0.6 is 11.6 Å². The number of aromatic nitrogens is 1. The van der Waals surface area contributed by atoms with E-state index >= 15 is 0 Å². The van der Waals surface area contributed by atoms with Crippen molar-refractivity contribution in [1.29, 1.82) is 0 Å². The summed E-state index contributed by atoms with van der Waals surface area (Å²) in [6.45, 7) is 2.88. The molecule has 0 unspecified atom stereocenters. The number of pyridine rings is 1. The number of halogens is 5.